The number of hydrogen-bond acceptors (Lipinski definition) is 5. The molecule has 0 spiro atoms. The largest absolute Gasteiger partial charge is 0.504 e. The molecule has 1 aliphatic rings. The summed E-state index contributed by atoms with van der Waals surface area (Å²) in [4.78, 5) is 23.8. The standard InChI is InChI=1S/C20H27NO5/c1-13-5-4-6-16(14(13)2)21-19(23)12-26-20(24)10-8-15-7-9-17(22)18(11-15)25-3/h7-11,13-14,16,22H,4-6,12H2,1-3H3,(H,21,23)/b10-8+/t13-,14-,16-/m1/s1. The van der Waals surface area contributed by atoms with Crippen LogP contribution in [0.1, 0.15) is 38.7 Å². The highest BCUT2D eigenvalue weighted by molar-refractivity contribution is 5.89. The van der Waals surface area contributed by atoms with Crippen molar-refractivity contribution < 1.29 is 24.2 Å². The molecule has 2 N–H and O–H groups in total. The predicted octanol–water partition coefficient (Wildman–Crippen LogP) is 2.90. The van der Waals surface area contributed by atoms with Gasteiger partial charge in [-0.3, -0.25) is 4.79 Å². The second-order valence-corrected chi connectivity index (χ2v) is 6.81. The van der Waals surface area contributed by atoms with Crippen molar-refractivity contribution in [2.24, 2.45) is 11.8 Å². The predicted molar refractivity (Wildman–Crippen MR) is 98.8 cm³/mol. The van der Waals surface area contributed by atoms with Crippen molar-refractivity contribution in [3.05, 3.63) is 29.8 Å². The molecule has 1 aromatic carbocycles. The molecule has 0 unspecified atom stereocenters. The lowest BCUT2D eigenvalue weighted by molar-refractivity contribution is -0.144. The summed E-state index contributed by atoms with van der Waals surface area (Å²) < 4.78 is 10.00. The molecule has 1 aliphatic carbocycles. The summed E-state index contributed by atoms with van der Waals surface area (Å²) in [6.07, 6.45) is 6.04. The second-order valence-electron chi connectivity index (χ2n) is 6.81. The van der Waals surface area contributed by atoms with Gasteiger partial charge >= 0.3 is 5.97 Å². The van der Waals surface area contributed by atoms with Gasteiger partial charge in [-0.15, -0.1) is 0 Å². The van der Waals surface area contributed by atoms with Crippen LogP contribution in [-0.4, -0.2) is 36.7 Å². The van der Waals surface area contributed by atoms with Gasteiger partial charge < -0.3 is 19.9 Å². The first-order valence-corrected chi connectivity index (χ1v) is 8.92. The van der Waals surface area contributed by atoms with Crippen molar-refractivity contribution >= 4 is 18.0 Å². The summed E-state index contributed by atoms with van der Waals surface area (Å²) in [7, 11) is 1.45. The number of methoxy groups -OCH3 is 1. The molecule has 2 rings (SSSR count). The zero-order valence-electron chi connectivity index (χ0n) is 15.5. The lowest BCUT2D eigenvalue weighted by atomic mass is 9.78. The van der Waals surface area contributed by atoms with E-state index in [0.29, 0.717) is 23.1 Å². The third-order valence-electron chi connectivity index (χ3n) is 5.01. The average Bonchev–Trinajstić information content (AvgIpc) is 2.63. The second kappa shape index (κ2) is 9.27. The van der Waals surface area contributed by atoms with Crippen LogP contribution in [0.3, 0.4) is 0 Å². The summed E-state index contributed by atoms with van der Waals surface area (Å²) in [6, 6.07) is 4.85. The fourth-order valence-electron chi connectivity index (χ4n) is 3.18. The number of phenols is 1. The fraction of sp³-hybridized carbons (Fsp3) is 0.500. The van der Waals surface area contributed by atoms with E-state index >= 15 is 0 Å². The molecule has 3 atom stereocenters. The molecule has 0 heterocycles. The van der Waals surface area contributed by atoms with Crippen LogP contribution in [0.25, 0.3) is 6.08 Å². The number of phenolic OH excluding ortho intramolecular Hbond substituents is 1. The molecular weight excluding hydrogens is 334 g/mol. The number of nitrogens with one attached hydrogen (secondary N) is 1. The van der Waals surface area contributed by atoms with Gasteiger partial charge in [-0.25, -0.2) is 4.79 Å². The number of benzene rings is 1. The molecule has 26 heavy (non-hydrogen) atoms. The molecule has 1 amide bonds. The molecule has 0 bridgehead atoms. The number of carbonyl (C=O) groups is 2. The Kier molecular flexibility index (Phi) is 7.06. The Morgan fingerprint density at radius 2 is 2.08 bits per heavy atom. The number of carbonyl (C=O) groups excluding carboxylic acids is 2. The van der Waals surface area contributed by atoms with Crippen molar-refractivity contribution in [2.45, 2.75) is 39.2 Å². The normalized spacial score (nSPS) is 22.8. The molecule has 142 valence electrons. The monoisotopic (exact) mass is 361 g/mol. The summed E-state index contributed by atoms with van der Waals surface area (Å²) >= 11 is 0. The first-order chi connectivity index (χ1) is 12.4. The van der Waals surface area contributed by atoms with Crippen LogP contribution in [0.2, 0.25) is 0 Å². The van der Waals surface area contributed by atoms with E-state index in [-0.39, 0.29) is 24.3 Å². The number of aromatic hydroxyl groups is 1. The van der Waals surface area contributed by atoms with Gasteiger partial charge in [-0.1, -0.05) is 32.8 Å². The molecule has 1 fully saturated rings. The Labute approximate surface area is 154 Å². The van der Waals surface area contributed by atoms with E-state index in [2.05, 4.69) is 19.2 Å². The summed E-state index contributed by atoms with van der Waals surface area (Å²) in [5.74, 6) is 0.474. The smallest absolute Gasteiger partial charge is 0.331 e. The van der Waals surface area contributed by atoms with Crippen molar-refractivity contribution in [2.75, 3.05) is 13.7 Å². The maximum absolute atomic E-state index is 12.0. The highest BCUT2D eigenvalue weighted by Crippen LogP contribution is 2.29. The zero-order chi connectivity index (χ0) is 19.1. The summed E-state index contributed by atoms with van der Waals surface area (Å²) in [5, 5.41) is 12.5. The lowest BCUT2D eigenvalue weighted by Crippen LogP contribution is -2.45. The number of ether oxygens (including phenoxy) is 2. The Bertz CT molecular complexity index is 670. The van der Waals surface area contributed by atoms with Gasteiger partial charge in [-0.05, 0) is 42.0 Å². The Morgan fingerprint density at radius 1 is 1.31 bits per heavy atom. The molecule has 6 nitrogen and oxygen atoms in total. The molecule has 0 saturated heterocycles. The Hall–Kier alpha value is -2.50. The number of amides is 1. The van der Waals surface area contributed by atoms with Gasteiger partial charge in [0.25, 0.3) is 5.91 Å². The van der Waals surface area contributed by atoms with E-state index in [9.17, 15) is 14.7 Å². The average molecular weight is 361 g/mol. The molecule has 0 aromatic heterocycles. The van der Waals surface area contributed by atoms with Gasteiger partial charge in [0.2, 0.25) is 0 Å². The van der Waals surface area contributed by atoms with E-state index in [4.69, 9.17) is 9.47 Å². The zero-order valence-corrected chi connectivity index (χ0v) is 15.5. The number of esters is 1. The van der Waals surface area contributed by atoms with Crippen LogP contribution < -0.4 is 10.1 Å². The van der Waals surface area contributed by atoms with E-state index in [0.717, 1.165) is 12.8 Å². The molecule has 1 aromatic rings. The first kappa shape index (κ1) is 19.8. The van der Waals surface area contributed by atoms with Crippen molar-refractivity contribution in [3.63, 3.8) is 0 Å². The maximum atomic E-state index is 12.0. The van der Waals surface area contributed by atoms with Gasteiger partial charge in [0.1, 0.15) is 0 Å². The third kappa shape index (κ3) is 5.51. The minimum Gasteiger partial charge on any atom is -0.504 e. The molecule has 6 heteroatoms. The van der Waals surface area contributed by atoms with Gasteiger partial charge in [0, 0.05) is 12.1 Å². The SMILES string of the molecule is COc1cc(/C=C/C(=O)OCC(=O)N[C@@H]2CCC[C@@H](C)[C@H]2C)ccc1O. The van der Waals surface area contributed by atoms with Crippen LogP contribution in [0, 0.1) is 11.8 Å². The molecule has 0 radical (unpaired) electrons. The van der Waals surface area contributed by atoms with Crippen LogP contribution >= 0.6 is 0 Å². The maximum Gasteiger partial charge on any atom is 0.331 e. The quantitative estimate of drug-likeness (QED) is 0.601. The van der Waals surface area contributed by atoms with E-state index < -0.39 is 5.97 Å². The van der Waals surface area contributed by atoms with E-state index in [1.54, 1.807) is 12.1 Å². The fourth-order valence-corrected chi connectivity index (χ4v) is 3.18. The topological polar surface area (TPSA) is 84.9 Å². The highest BCUT2D eigenvalue weighted by atomic mass is 16.5. The highest BCUT2D eigenvalue weighted by Gasteiger charge is 2.28. The van der Waals surface area contributed by atoms with Crippen molar-refractivity contribution in [1.82, 2.24) is 5.32 Å². The van der Waals surface area contributed by atoms with Crippen molar-refractivity contribution in [1.29, 1.82) is 0 Å². The van der Waals surface area contributed by atoms with Gasteiger partial charge in [0.05, 0.1) is 7.11 Å². The first-order valence-electron chi connectivity index (χ1n) is 8.92. The molecule has 0 aliphatic heterocycles. The third-order valence-corrected chi connectivity index (χ3v) is 5.01. The molecular formula is C20H27NO5. The lowest BCUT2D eigenvalue weighted by Gasteiger charge is -2.34. The van der Waals surface area contributed by atoms with Crippen LogP contribution in [0.4, 0.5) is 0 Å². The summed E-state index contributed by atoms with van der Waals surface area (Å²) in [6.45, 7) is 4.06. The Balaban J connectivity index is 1.80. The van der Waals surface area contributed by atoms with Crippen LogP contribution in [0.15, 0.2) is 24.3 Å². The number of hydrogen-bond donors (Lipinski definition) is 2. The minimum absolute atomic E-state index is 0.0233. The van der Waals surface area contributed by atoms with E-state index in [1.165, 1.54) is 31.7 Å². The van der Waals surface area contributed by atoms with Crippen LogP contribution in [-0.2, 0) is 14.3 Å². The van der Waals surface area contributed by atoms with Gasteiger partial charge in [0.15, 0.2) is 18.1 Å². The van der Waals surface area contributed by atoms with Gasteiger partial charge in [-0.2, -0.15) is 0 Å². The van der Waals surface area contributed by atoms with Crippen molar-refractivity contribution in [3.8, 4) is 11.5 Å². The number of rotatable bonds is 6. The minimum atomic E-state index is -0.600. The Morgan fingerprint density at radius 3 is 2.81 bits per heavy atom. The summed E-state index contributed by atoms with van der Waals surface area (Å²) in [5.41, 5.74) is 0.672. The molecule has 1 saturated carbocycles. The van der Waals surface area contributed by atoms with Crippen LogP contribution in [0.5, 0.6) is 11.5 Å². The van der Waals surface area contributed by atoms with E-state index in [1.807, 2.05) is 0 Å².